The van der Waals surface area contributed by atoms with Crippen molar-refractivity contribution >= 4 is 34.7 Å². The van der Waals surface area contributed by atoms with Gasteiger partial charge in [0.05, 0.1) is 21.6 Å². The number of fused-ring (bicyclic) bond motifs is 1. The lowest BCUT2D eigenvalue weighted by molar-refractivity contribution is 0.296. The van der Waals surface area contributed by atoms with E-state index in [1.54, 1.807) is 48.6 Å². The van der Waals surface area contributed by atoms with Crippen LogP contribution in [0, 0.1) is 11.6 Å². The zero-order valence-corrected chi connectivity index (χ0v) is 19.7. The topological polar surface area (TPSA) is 38.1 Å². The fraction of sp³-hybridized carbons (Fsp3) is 0.185. The van der Waals surface area contributed by atoms with E-state index in [4.69, 9.17) is 11.6 Å². The first-order valence-corrected chi connectivity index (χ1v) is 11.4. The third-order valence-corrected chi connectivity index (χ3v) is 6.04. The van der Waals surface area contributed by atoms with Crippen LogP contribution in [0.5, 0.6) is 0 Å². The summed E-state index contributed by atoms with van der Waals surface area (Å²) in [7, 11) is 0. The quantitative estimate of drug-likeness (QED) is 0.311. The van der Waals surface area contributed by atoms with Crippen molar-refractivity contribution in [2.75, 3.05) is 13.1 Å². The normalized spacial score (nSPS) is 11.7. The molecule has 0 saturated carbocycles. The molecule has 1 heterocycles. The Labute approximate surface area is 201 Å². The predicted molar refractivity (Wildman–Crippen MR) is 134 cm³/mol. The maximum atomic E-state index is 14.6. The van der Waals surface area contributed by atoms with Crippen molar-refractivity contribution in [3.8, 4) is 5.69 Å². The van der Waals surface area contributed by atoms with E-state index in [9.17, 15) is 13.6 Å². The third kappa shape index (κ3) is 4.93. The molecule has 0 aliphatic rings. The summed E-state index contributed by atoms with van der Waals surface area (Å²) in [6.45, 7) is 6.66. The van der Waals surface area contributed by atoms with Crippen LogP contribution < -0.4 is 5.56 Å². The van der Waals surface area contributed by atoms with Gasteiger partial charge in [0.25, 0.3) is 5.56 Å². The molecular formula is C27H24ClF2N3O. The minimum Gasteiger partial charge on any atom is -0.300 e. The molecule has 0 spiro atoms. The summed E-state index contributed by atoms with van der Waals surface area (Å²) < 4.78 is 29.8. The molecule has 0 aliphatic heterocycles. The summed E-state index contributed by atoms with van der Waals surface area (Å²) in [5.74, 6) is -0.660. The molecule has 0 fully saturated rings. The smallest absolute Gasteiger partial charge is 0.266 e. The molecule has 0 bridgehead atoms. The molecule has 4 aromatic rings. The summed E-state index contributed by atoms with van der Waals surface area (Å²) in [5, 5.41) is 0.466. The minimum atomic E-state index is -0.535. The second-order valence-corrected chi connectivity index (χ2v) is 8.28. The van der Waals surface area contributed by atoms with E-state index in [2.05, 4.69) is 23.7 Å². The van der Waals surface area contributed by atoms with Crippen molar-refractivity contribution in [2.24, 2.45) is 0 Å². The van der Waals surface area contributed by atoms with Gasteiger partial charge in [-0.15, -0.1) is 0 Å². The van der Waals surface area contributed by atoms with E-state index in [1.165, 1.54) is 22.8 Å². The number of rotatable bonds is 7. The minimum absolute atomic E-state index is 0.129. The molecular weight excluding hydrogens is 456 g/mol. The van der Waals surface area contributed by atoms with Crippen LogP contribution in [-0.4, -0.2) is 27.5 Å². The first kappa shape index (κ1) is 23.8. The summed E-state index contributed by atoms with van der Waals surface area (Å²) in [6, 6.07) is 15.7. The predicted octanol–water partition coefficient (Wildman–Crippen LogP) is 6.33. The first-order valence-electron chi connectivity index (χ1n) is 11.1. The Morgan fingerprint density at radius 2 is 1.76 bits per heavy atom. The molecule has 4 rings (SSSR count). The highest BCUT2D eigenvalue weighted by molar-refractivity contribution is 6.32. The van der Waals surface area contributed by atoms with Gasteiger partial charge in [-0.3, -0.25) is 14.3 Å². The van der Waals surface area contributed by atoms with E-state index >= 15 is 0 Å². The van der Waals surface area contributed by atoms with Crippen LogP contribution in [0.4, 0.5) is 8.78 Å². The lowest BCUT2D eigenvalue weighted by Gasteiger charge is -2.18. The molecule has 34 heavy (non-hydrogen) atoms. The Morgan fingerprint density at radius 3 is 2.50 bits per heavy atom. The van der Waals surface area contributed by atoms with Gasteiger partial charge in [-0.2, -0.15) is 0 Å². The highest BCUT2D eigenvalue weighted by atomic mass is 35.5. The van der Waals surface area contributed by atoms with Crippen molar-refractivity contribution in [1.29, 1.82) is 0 Å². The molecule has 7 heteroatoms. The monoisotopic (exact) mass is 479 g/mol. The Bertz CT molecular complexity index is 1430. The van der Waals surface area contributed by atoms with E-state index in [1.807, 2.05) is 0 Å². The SMILES string of the molecule is CCN(CC)Cc1ccc(F)c(/C=C/c2nc3ccc(F)cc3c(=O)n2-c2ccccc2Cl)c1. The number of para-hydroxylation sites is 1. The highest BCUT2D eigenvalue weighted by Gasteiger charge is 2.14. The van der Waals surface area contributed by atoms with E-state index in [-0.39, 0.29) is 17.0 Å². The second-order valence-electron chi connectivity index (χ2n) is 7.87. The molecule has 0 aliphatic carbocycles. The second kappa shape index (κ2) is 10.3. The van der Waals surface area contributed by atoms with Gasteiger partial charge < -0.3 is 0 Å². The van der Waals surface area contributed by atoms with Crippen molar-refractivity contribution in [2.45, 2.75) is 20.4 Å². The van der Waals surface area contributed by atoms with Gasteiger partial charge in [-0.25, -0.2) is 13.8 Å². The Morgan fingerprint density at radius 1 is 1.00 bits per heavy atom. The molecule has 3 aromatic carbocycles. The Hall–Kier alpha value is -3.35. The van der Waals surface area contributed by atoms with E-state index in [0.717, 1.165) is 24.7 Å². The molecule has 0 unspecified atom stereocenters. The Balaban J connectivity index is 1.85. The van der Waals surface area contributed by atoms with Crippen LogP contribution in [-0.2, 0) is 6.54 Å². The molecule has 4 nitrogen and oxygen atoms in total. The van der Waals surface area contributed by atoms with Gasteiger partial charge in [-0.1, -0.05) is 43.6 Å². The highest BCUT2D eigenvalue weighted by Crippen LogP contribution is 2.23. The van der Waals surface area contributed by atoms with Gasteiger partial charge in [0.1, 0.15) is 17.5 Å². The van der Waals surface area contributed by atoms with Crippen molar-refractivity contribution in [1.82, 2.24) is 14.5 Å². The van der Waals surface area contributed by atoms with Crippen molar-refractivity contribution < 1.29 is 8.78 Å². The average Bonchev–Trinajstić information content (AvgIpc) is 2.84. The molecule has 0 radical (unpaired) electrons. The van der Waals surface area contributed by atoms with Crippen LogP contribution >= 0.6 is 11.6 Å². The number of hydrogen-bond acceptors (Lipinski definition) is 3. The molecule has 0 amide bonds. The number of hydrogen-bond donors (Lipinski definition) is 0. The number of aromatic nitrogens is 2. The summed E-state index contributed by atoms with van der Waals surface area (Å²) in [4.78, 5) is 20.2. The van der Waals surface area contributed by atoms with Crippen LogP contribution in [0.3, 0.4) is 0 Å². The van der Waals surface area contributed by atoms with Gasteiger partial charge in [-0.05, 0) is 73.3 Å². The summed E-state index contributed by atoms with van der Waals surface area (Å²) >= 11 is 6.37. The molecule has 0 atom stereocenters. The first-order chi connectivity index (χ1) is 16.4. The average molecular weight is 480 g/mol. The summed E-state index contributed by atoms with van der Waals surface area (Å²) in [5.41, 5.74) is 1.64. The van der Waals surface area contributed by atoms with Crippen LogP contribution in [0.25, 0.3) is 28.7 Å². The largest absolute Gasteiger partial charge is 0.300 e. The molecule has 0 saturated heterocycles. The van der Waals surface area contributed by atoms with Gasteiger partial charge in [0.15, 0.2) is 0 Å². The van der Waals surface area contributed by atoms with Crippen LogP contribution in [0.15, 0.2) is 65.5 Å². The number of halogens is 3. The zero-order chi connectivity index (χ0) is 24.2. The fourth-order valence-electron chi connectivity index (χ4n) is 3.84. The molecule has 0 N–H and O–H groups in total. The molecule has 174 valence electrons. The Kier molecular flexibility index (Phi) is 7.20. The van der Waals surface area contributed by atoms with E-state index < -0.39 is 11.4 Å². The van der Waals surface area contributed by atoms with Gasteiger partial charge >= 0.3 is 0 Å². The number of nitrogens with zero attached hydrogens (tertiary/aromatic N) is 3. The zero-order valence-electron chi connectivity index (χ0n) is 18.9. The maximum absolute atomic E-state index is 14.6. The number of benzene rings is 3. The lowest BCUT2D eigenvalue weighted by atomic mass is 10.1. The standard InChI is InChI=1S/C27H24ClF2N3O/c1-3-32(4-2)17-18-9-12-23(30)19(15-18)10-14-26-31-24-13-11-20(29)16-21(24)27(34)33(26)25-8-6-5-7-22(25)28/h5-16H,3-4,17H2,1-2H3/b14-10+. The third-order valence-electron chi connectivity index (χ3n) is 5.72. The van der Waals surface area contributed by atoms with Gasteiger partial charge in [0, 0.05) is 12.1 Å². The maximum Gasteiger partial charge on any atom is 0.266 e. The van der Waals surface area contributed by atoms with Crippen LogP contribution in [0.2, 0.25) is 5.02 Å². The van der Waals surface area contributed by atoms with Crippen LogP contribution in [0.1, 0.15) is 30.8 Å². The van der Waals surface area contributed by atoms with Crippen molar-refractivity contribution in [3.05, 3.63) is 105 Å². The fourth-order valence-corrected chi connectivity index (χ4v) is 4.06. The van der Waals surface area contributed by atoms with Gasteiger partial charge in [0.2, 0.25) is 0 Å². The van der Waals surface area contributed by atoms with Crippen molar-refractivity contribution in [3.63, 3.8) is 0 Å². The lowest BCUT2D eigenvalue weighted by Crippen LogP contribution is -2.22. The van der Waals surface area contributed by atoms with E-state index in [0.29, 0.717) is 28.3 Å². The summed E-state index contributed by atoms with van der Waals surface area (Å²) in [6.07, 6.45) is 3.17. The molecule has 1 aromatic heterocycles.